The van der Waals surface area contributed by atoms with Crippen LogP contribution in [0.3, 0.4) is 0 Å². The van der Waals surface area contributed by atoms with E-state index in [9.17, 15) is 24.0 Å². The van der Waals surface area contributed by atoms with E-state index in [1.807, 2.05) is 0 Å². The molecular weight excluding hydrogens is 308 g/mol. The maximum Gasteiger partial charge on any atom is 0.377 e. The lowest BCUT2D eigenvalue weighted by atomic mass is 10.3. The molecule has 0 spiro atoms. The molecule has 0 saturated heterocycles. The summed E-state index contributed by atoms with van der Waals surface area (Å²) in [5.41, 5.74) is 0. The van der Waals surface area contributed by atoms with Crippen LogP contribution in [0.25, 0.3) is 0 Å². The zero-order valence-electron chi connectivity index (χ0n) is 13.6. The second kappa shape index (κ2) is 10.3. The Hall–Kier alpha value is -2.51. The molecule has 0 saturated carbocycles. The van der Waals surface area contributed by atoms with E-state index >= 15 is 0 Å². The molecule has 0 bridgehead atoms. The molecule has 0 aromatic rings. The standard InChI is InChI=1S/C15H20O8/c1-5-6-21-15(20)14(23-13(19)8-10(3)17)11(4)22-12(18)7-9(2)16/h5-8H2,1-4H3. The van der Waals surface area contributed by atoms with E-state index in [0.29, 0.717) is 6.42 Å². The summed E-state index contributed by atoms with van der Waals surface area (Å²) in [6.07, 6.45) is -0.501. The molecule has 23 heavy (non-hydrogen) atoms. The Bertz CT molecular complexity index is 530. The molecule has 0 amide bonds. The van der Waals surface area contributed by atoms with Gasteiger partial charge in [0.2, 0.25) is 0 Å². The molecule has 0 rings (SSSR count). The van der Waals surface area contributed by atoms with Crippen molar-refractivity contribution in [3.05, 3.63) is 11.5 Å². The Morgan fingerprint density at radius 2 is 1.26 bits per heavy atom. The Balaban J connectivity index is 5.20. The monoisotopic (exact) mass is 328 g/mol. The van der Waals surface area contributed by atoms with Crippen LogP contribution in [0.2, 0.25) is 0 Å². The molecule has 0 aliphatic heterocycles. The third-order valence-electron chi connectivity index (χ3n) is 2.21. The highest BCUT2D eigenvalue weighted by Gasteiger charge is 2.24. The van der Waals surface area contributed by atoms with Crippen molar-refractivity contribution in [2.24, 2.45) is 0 Å². The van der Waals surface area contributed by atoms with Crippen LogP contribution in [0.4, 0.5) is 0 Å². The zero-order valence-corrected chi connectivity index (χ0v) is 13.6. The van der Waals surface area contributed by atoms with Crippen molar-refractivity contribution in [2.75, 3.05) is 6.61 Å². The first-order valence-electron chi connectivity index (χ1n) is 6.95. The highest BCUT2D eigenvalue weighted by molar-refractivity contribution is 5.98. The molecule has 0 radical (unpaired) electrons. The average Bonchev–Trinajstić information content (AvgIpc) is 2.40. The molecule has 8 heteroatoms. The zero-order chi connectivity index (χ0) is 18.0. The number of ketones is 2. The quantitative estimate of drug-likeness (QED) is 0.204. The van der Waals surface area contributed by atoms with Gasteiger partial charge in [-0.3, -0.25) is 19.2 Å². The van der Waals surface area contributed by atoms with Crippen LogP contribution in [-0.2, 0) is 38.2 Å². The first-order valence-corrected chi connectivity index (χ1v) is 6.95. The van der Waals surface area contributed by atoms with Gasteiger partial charge in [-0.2, -0.15) is 0 Å². The fourth-order valence-electron chi connectivity index (χ4n) is 1.33. The molecule has 128 valence electrons. The Kier molecular flexibility index (Phi) is 9.14. The van der Waals surface area contributed by atoms with E-state index in [-0.39, 0.29) is 12.4 Å². The molecular formula is C15H20O8. The molecule has 0 aliphatic carbocycles. The maximum atomic E-state index is 11.9. The van der Waals surface area contributed by atoms with Crippen molar-refractivity contribution < 1.29 is 38.2 Å². The van der Waals surface area contributed by atoms with E-state index in [1.54, 1.807) is 6.92 Å². The molecule has 0 heterocycles. The number of ether oxygens (including phenoxy) is 3. The molecule has 0 unspecified atom stereocenters. The molecule has 0 fully saturated rings. The first kappa shape index (κ1) is 20.5. The summed E-state index contributed by atoms with van der Waals surface area (Å²) in [4.78, 5) is 56.6. The minimum absolute atomic E-state index is 0.0707. The third kappa shape index (κ3) is 9.18. The summed E-state index contributed by atoms with van der Waals surface area (Å²) >= 11 is 0. The number of carbonyl (C=O) groups is 5. The van der Waals surface area contributed by atoms with Gasteiger partial charge in [0.15, 0.2) is 5.76 Å². The largest absolute Gasteiger partial charge is 0.460 e. The molecule has 0 aromatic heterocycles. The van der Waals surface area contributed by atoms with Gasteiger partial charge in [0.05, 0.1) is 6.61 Å². The van der Waals surface area contributed by atoms with Gasteiger partial charge in [-0.25, -0.2) is 4.79 Å². The van der Waals surface area contributed by atoms with Crippen molar-refractivity contribution in [3.8, 4) is 0 Å². The topological polar surface area (TPSA) is 113 Å². The molecule has 0 N–H and O–H groups in total. The Morgan fingerprint density at radius 1 is 0.783 bits per heavy atom. The second-order valence-corrected chi connectivity index (χ2v) is 4.73. The molecule has 0 atom stereocenters. The second-order valence-electron chi connectivity index (χ2n) is 4.73. The lowest BCUT2D eigenvalue weighted by Crippen LogP contribution is -2.20. The summed E-state index contributed by atoms with van der Waals surface area (Å²) in [5, 5.41) is 0. The fourth-order valence-corrected chi connectivity index (χ4v) is 1.33. The molecule has 8 nitrogen and oxygen atoms in total. The van der Waals surface area contributed by atoms with Crippen molar-refractivity contribution >= 4 is 29.5 Å². The van der Waals surface area contributed by atoms with E-state index in [0.717, 1.165) is 0 Å². The third-order valence-corrected chi connectivity index (χ3v) is 2.21. The predicted octanol–water partition coefficient (Wildman–Crippen LogP) is 1.22. The minimum atomic E-state index is -1.00. The van der Waals surface area contributed by atoms with Crippen molar-refractivity contribution in [1.29, 1.82) is 0 Å². The van der Waals surface area contributed by atoms with Crippen molar-refractivity contribution in [1.82, 2.24) is 0 Å². The van der Waals surface area contributed by atoms with Crippen LogP contribution in [0.5, 0.6) is 0 Å². The van der Waals surface area contributed by atoms with Crippen molar-refractivity contribution in [3.63, 3.8) is 0 Å². The SMILES string of the molecule is CCCOC(=O)C(OC(=O)CC(C)=O)=C(C)OC(=O)CC(C)=O. The predicted molar refractivity (Wildman–Crippen MR) is 76.7 cm³/mol. The van der Waals surface area contributed by atoms with Gasteiger partial charge in [-0.15, -0.1) is 0 Å². The van der Waals surface area contributed by atoms with E-state index < -0.39 is 48.1 Å². The number of hydrogen-bond donors (Lipinski definition) is 0. The number of hydrogen-bond acceptors (Lipinski definition) is 8. The van der Waals surface area contributed by atoms with Gasteiger partial charge >= 0.3 is 17.9 Å². The van der Waals surface area contributed by atoms with Gasteiger partial charge in [0.1, 0.15) is 24.4 Å². The smallest absolute Gasteiger partial charge is 0.377 e. The highest BCUT2D eigenvalue weighted by atomic mass is 16.6. The lowest BCUT2D eigenvalue weighted by Gasteiger charge is -2.11. The summed E-state index contributed by atoms with van der Waals surface area (Å²) in [6, 6.07) is 0. The van der Waals surface area contributed by atoms with Crippen LogP contribution < -0.4 is 0 Å². The number of carbonyl (C=O) groups excluding carboxylic acids is 5. The van der Waals surface area contributed by atoms with Crippen LogP contribution in [0, 0.1) is 0 Å². The maximum absolute atomic E-state index is 11.9. The average molecular weight is 328 g/mol. The Labute approximate surface area is 133 Å². The normalized spacial score (nSPS) is 11.1. The van der Waals surface area contributed by atoms with Gasteiger partial charge in [-0.05, 0) is 27.2 Å². The number of rotatable bonds is 9. The molecule has 0 aliphatic rings. The summed E-state index contributed by atoms with van der Waals surface area (Å²) < 4.78 is 14.4. The van der Waals surface area contributed by atoms with Gasteiger partial charge < -0.3 is 14.2 Å². The number of Topliss-reactive ketones (excluding diaryl/α,β-unsaturated/α-hetero) is 2. The van der Waals surface area contributed by atoms with Gasteiger partial charge in [0, 0.05) is 0 Å². The lowest BCUT2D eigenvalue weighted by molar-refractivity contribution is -0.154. The van der Waals surface area contributed by atoms with Gasteiger partial charge in [0.25, 0.3) is 5.76 Å². The van der Waals surface area contributed by atoms with Crippen LogP contribution in [0.1, 0.15) is 47.0 Å². The first-order chi connectivity index (χ1) is 10.7. The van der Waals surface area contributed by atoms with E-state index in [1.165, 1.54) is 20.8 Å². The van der Waals surface area contributed by atoms with E-state index in [2.05, 4.69) is 0 Å². The fraction of sp³-hybridized carbons (Fsp3) is 0.533. The van der Waals surface area contributed by atoms with Crippen LogP contribution >= 0.6 is 0 Å². The van der Waals surface area contributed by atoms with Gasteiger partial charge in [-0.1, -0.05) is 6.92 Å². The minimum Gasteiger partial charge on any atom is -0.460 e. The summed E-state index contributed by atoms with van der Waals surface area (Å²) in [6.45, 7) is 5.42. The molecule has 0 aromatic carbocycles. The number of esters is 3. The van der Waals surface area contributed by atoms with Crippen LogP contribution in [-0.4, -0.2) is 36.1 Å². The van der Waals surface area contributed by atoms with E-state index in [4.69, 9.17) is 14.2 Å². The van der Waals surface area contributed by atoms with Crippen LogP contribution in [0.15, 0.2) is 11.5 Å². The highest BCUT2D eigenvalue weighted by Crippen LogP contribution is 2.13. The number of allylic oxidation sites excluding steroid dienone is 1. The van der Waals surface area contributed by atoms with Crippen molar-refractivity contribution in [2.45, 2.75) is 47.0 Å². The summed E-state index contributed by atoms with van der Waals surface area (Å²) in [5.74, 6) is -4.72. The Morgan fingerprint density at radius 3 is 1.70 bits per heavy atom. The summed E-state index contributed by atoms with van der Waals surface area (Å²) in [7, 11) is 0.